The highest BCUT2D eigenvalue weighted by Crippen LogP contribution is 2.44. The maximum absolute atomic E-state index is 11.2. The average Bonchev–Trinajstić information content (AvgIpc) is 2.91. The zero-order chi connectivity index (χ0) is 24.6. The predicted molar refractivity (Wildman–Crippen MR) is 146 cm³/mol. The van der Waals surface area contributed by atoms with E-state index in [0.717, 1.165) is 43.8 Å². The molecule has 0 aliphatic heterocycles. The van der Waals surface area contributed by atoms with E-state index in [2.05, 4.69) is 36.4 Å². The van der Waals surface area contributed by atoms with Crippen LogP contribution >= 0.6 is 0 Å². The van der Waals surface area contributed by atoms with Crippen molar-refractivity contribution in [1.82, 2.24) is 0 Å². The molecule has 0 heterocycles. The highest BCUT2D eigenvalue weighted by Gasteiger charge is 2.25. The first kappa shape index (κ1) is 21.8. The molecule has 0 aliphatic rings. The van der Waals surface area contributed by atoms with Crippen molar-refractivity contribution in [3.63, 3.8) is 0 Å². The Labute approximate surface area is 209 Å². The number of aromatic hydroxyl groups is 3. The normalized spacial score (nSPS) is 12.1. The minimum atomic E-state index is -0.342. The van der Waals surface area contributed by atoms with E-state index >= 15 is 0 Å². The van der Waals surface area contributed by atoms with Crippen molar-refractivity contribution in [3.8, 4) is 28.4 Å². The lowest BCUT2D eigenvalue weighted by Gasteiger charge is -2.24. The lowest BCUT2D eigenvalue weighted by molar-refractivity contribution is 0.468. The van der Waals surface area contributed by atoms with Crippen molar-refractivity contribution >= 4 is 21.5 Å². The summed E-state index contributed by atoms with van der Waals surface area (Å²) in [6.45, 7) is 0. The van der Waals surface area contributed by atoms with Gasteiger partial charge in [-0.25, -0.2) is 0 Å². The molecule has 0 saturated heterocycles. The van der Waals surface area contributed by atoms with Crippen LogP contribution in [0.25, 0.3) is 32.7 Å². The van der Waals surface area contributed by atoms with Crippen LogP contribution in [0.3, 0.4) is 0 Å². The molecule has 0 aromatic heterocycles. The molecular formula is C33H24O3. The number of benzene rings is 6. The Bertz CT molecular complexity index is 1700. The SMILES string of the molecule is Oc1ccc2cccc(C(c3ccc(-c4ccccc4)cc3)c3c(O)ccc4ccc(O)cc34)c2c1. The first-order valence-electron chi connectivity index (χ1n) is 11.9. The molecule has 1 atom stereocenters. The van der Waals surface area contributed by atoms with Crippen LogP contribution in [0.15, 0.2) is 121 Å². The highest BCUT2D eigenvalue weighted by atomic mass is 16.3. The van der Waals surface area contributed by atoms with Crippen LogP contribution in [0.1, 0.15) is 22.6 Å². The van der Waals surface area contributed by atoms with Crippen LogP contribution in [0.2, 0.25) is 0 Å². The van der Waals surface area contributed by atoms with Crippen LogP contribution in [0.5, 0.6) is 17.2 Å². The van der Waals surface area contributed by atoms with E-state index in [1.807, 2.05) is 54.6 Å². The van der Waals surface area contributed by atoms with Crippen LogP contribution in [-0.4, -0.2) is 15.3 Å². The van der Waals surface area contributed by atoms with Crippen molar-refractivity contribution in [2.45, 2.75) is 5.92 Å². The predicted octanol–water partition coefficient (Wildman–Crippen LogP) is 7.96. The quantitative estimate of drug-likeness (QED) is 0.230. The van der Waals surface area contributed by atoms with Crippen molar-refractivity contribution < 1.29 is 15.3 Å². The standard InChI is InChI=1S/C33H24O3/c34-26-16-13-23-7-4-8-28(29(23)19-26)32(25-11-9-22(10-12-25)21-5-2-1-3-6-21)33-30-20-27(35)17-14-24(30)15-18-31(33)36/h1-20,32,34-36H. The van der Waals surface area contributed by atoms with Gasteiger partial charge in [-0.2, -0.15) is 0 Å². The molecule has 6 rings (SSSR count). The molecule has 3 nitrogen and oxygen atoms in total. The molecule has 3 heteroatoms. The summed E-state index contributed by atoms with van der Waals surface area (Å²) in [6.07, 6.45) is 0. The molecule has 0 fully saturated rings. The smallest absolute Gasteiger partial charge is 0.120 e. The molecule has 0 aliphatic carbocycles. The van der Waals surface area contributed by atoms with Gasteiger partial charge in [0.15, 0.2) is 0 Å². The van der Waals surface area contributed by atoms with Gasteiger partial charge in [0, 0.05) is 11.5 Å². The fourth-order valence-corrected chi connectivity index (χ4v) is 5.16. The number of phenolic OH excluding ortho intramolecular Hbond substituents is 3. The third-order valence-electron chi connectivity index (χ3n) is 6.87. The minimum Gasteiger partial charge on any atom is -0.508 e. The van der Waals surface area contributed by atoms with Crippen molar-refractivity contribution in [1.29, 1.82) is 0 Å². The molecule has 6 aromatic rings. The number of rotatable bonds is 4. The number of fused-ring (bicyclic) bond motifs is 2. The largest absolute Gasteiger partial charge is 0.508 e. The Hall–Kier alpha value is -4.76. The summed E-state index contributed by atoms with van der Waals surface area (Å²) >= 11 is 0. The number of phenols is 3. The molecule has 3 N–H and O–H groups in total. The monoisotopic (exact) mass is 468 g/mol. The van der Waals surface area contributed by atoms with E-state index < -0.39 is 0 Å². The Kier molecular flexibility index (Phi) is 5.31. The Balaban J connectivity index is 1.64. The molecule has 0 bridgehead atoms. The van der Waals surface area contributed by atoms with E-state index in [9.17, 15) is 15.3 Å². The van der Waals surface area contributed by atoms with Crippen molar-refractivity contribution in [2.75, 3.05) is 0 Å². The molecule has 6 aromatic carbocycles. The topological polar surface area (TPSA) is 60.7 Å². The number of hydrogen-bond donors (Lipinski definition) is 3. The molecule has 0 radical (unpaired) electrons. The van der Waals surface area contributed by atoms with Crippen LogP contribution in [-0.2, 0) is 0 Å². The first-order valence-corrected chi connectivity index (χ1v) is 11.9. The van der Waals surface area contributed by atoms with Gasteiger partial charge in [0.25, 0.3) is 0 Å². The first-order chi connectivity index (χ1) is 17.6. The Morgan fingerprint density at radius 3 is 1.81 bits per heavy atom. The van der Waals surface area contributed by atoms with Crippen molar-refractivity contribution in [2.24, 2.45) is 0 Å². The molecule has 1 unspecified atom stereocenters. The second-order valence-electron chi connectivity index (χ2n) is 9.08. The zero-order valence-electron chi connectivity index (χ0n) is 19.5. The summed E-state index contributed by atoms with van der Waals surface area (Å²) in [7, 11) is 0. The summed E-state index contributed by atoms with van der Waals surface area (Å²) in [5.41, 5.74) is 4.91. The summed E-state index contributed by atoms with van der Waals surface area (Å²) < 4.78 is 0. The lowest BCUT2D eigenvalue weighted by Crippen LogP contribution is -2.06. The lowest BCUT2D eigenvalue weighted by atomic mass is 9.80. The van der Waals surface area contributed by atoms with Gasteiger partial charge >= 0.3 is 0 Å². The fraction of sp³-hybridized carbons (Fsp3) is 0.0303. The van der Waals surface area contributed by atoms with Crippen molar-refractivity contribution in [3.05, 3.63) is 138 Å². The summed E-state index contributed by atoms with van der Waals surface area (Å²) in [6, 6.07) is 38.8. The molecular weight excluding hydrogens is 444 g/mol. The highest BCUT2D eigenvalue weighted by molar-refractivity contribution is 5.93. The summed E-state index contributed by atoms with van der Waals surface area (Å²) in [5.74, 6) is 0.143. The van der Waals surface area contributed by atoms with E-state index in [1.54, 1.807) is 30.3 Å². The van der Waals surface area contributed by atoms with Gasteiger partial charge in [-0.3, -0.25) is 0 Å². The molecule has 174 valence electrons. The van der Waals surface area contributed by atoms with Gasteiger partial charge in [-0.15, -0.1) is 0 Å². The molecule has 0 spiro atoms. The average molecular weight is 469 g/mol. The fourth-order valence-electron chi connectivity index (χ4n) is 5.16. The molecule has 0 saturated carbocycles. The van der Waals surface area contributed by atoms with E-state index in [4.69, 9.17) is 0 Å². The summed E-state index contributed by atoms with van der Waals surface area (Å²) in [5, 5.41) is 35.5. The maximum Gasteiger partial charge on any atom is 0.120 e. The van der Waals surface area contributed by atoms with Crippen LogP contribution in [0, 0.1) is 0 Å². The van der Waals surface area contributed by atoms with E-state index in [1.165, 1.54) is 0 Å². The third-order valence-corrected chi connectivity index (χ3v) is 6.87. The van der Waals surface area contributed by atoms with Gasteiger partial charge in [0.2, 0.25) is 0 Å². The summed E-state index contributed by atoms with van der Waals surface area (Å²) in [4.78, 5) is 0. The maximum atomic E-state index is 11.2. The Morgan fingerprint density at radius 2 is 1.08 bits per heavy atom. The van der Waals surface area contributed by atoms with Gasteiger partial charge in [-0.1, -0.05) is 91.0 Å². The Morgan fingerprint density at radius 1 is 0.472 bits per heavy atom. The zero-order valence-corrected chi connectivity index (χ0v) is 19.5. The second-order valence-corrected chi connectivity index (χ2v) is 9.08. The minimum absolute atomic E-state index is 0.142. The van der Waals surface area contributed by atoms with Crippen LogP contribution in [0.4, 0.5) is 0 Å². The number of hydrogen-bond acceptors (Lipinski definition) is 3. The van der Waals surface area contributed by atoms with E-state index in [0.29, 0.717) is 5.56 Å². The van der Waals surface area contributed by atoms with E-state index in [-0.39, 0.29) is 23.2 Å². The second kappa shape index (κ2) is 8.79. The third kappa shape index (κ3) is 3.81. The van der Waals surface area contributed by atoms with Gasteiger partial charge in [0.1, 0.15) is 17.2 Å². The van der Waals surface area contributed by atoms with Gasteiger partial charge in [-0.05, 0) is 74.1 Å². The van der Waals surface area contributed by atoms with Gasteiger partial charge < -0.3 is 15.3 Å². The molecule has 0 amide bonds. The van der Waals surface area contributed by atoms with Gasteiger partial charge in [0.05, 0.1) is 0 Å². The van der Waals surface area contributed by atoms with Crippen LogP contribution < -0.4 is 0 Å². The molecule has 36 heavy (non-hydrogen) atoms.